The second-order valence-corrected chi connectivity index (χ2v) is 10.6. The van der Waals surface area contributed by atoms with Crippen molar-refractivity contribution < 1.29 is 13.9 Å². The number of para-hydroxylation sites is 1. The van der Waals surface area contributed by atoms with Crippen molar-refractivity contribution in [2.75, 3.05) is 12.4 Å². The molecule has 0 saturated heterocycles. The Morgan fingerprint density at radius 3 is 2.68 bits per heavy atom. The number of ether oxygens (including phenoxy) is 1. The van der Waals surface area contributed by atoms with Crippen molar-refractivity contribution in [2.24, 2.45) is 0 Å². The van der Waals surface area contributed by atoms with E-state index in [4.69, 9.17) is 9.15 Å². The Hall–Kier alpha value is -1.02. The van der Waals surface area contributed by atoms with Gasteiger partial charge in [0.1, 0.15) is 9.00 Å². The first kappa shape index (κ1) is 23.3. The highest BCUT2D eigenvalue weighted by atomic mass is 127. The predicted molar refractivity (Wildman–Crippen MR) is 125 cm³/mol. The van der Waals surface area contributed by atoms with Gasteiger partial charge in [-0.15, -0.1) is 11.8 Å². The van der Waals surface area contributed by atoms with E-state index in [0.29, 0.717) is 12.2 Å². The van der Waals surface area contributed by atoms with Crippen LogP contribution in [0.5, 0.6) is 0 Å². The number of unbranched alkanes of at least 4 members (excludes halogenated alkanes) is 4. The number of carbonyl (C=O) groups excluding carboxylic acids is 1. The molecule has 1 aromatic carbocycles. The third-order valence-corrected chi connectivity index (χ3v) is 6.66. The molecule has 0 bridgehead atoms. The van der Waals surface area contributed by atoms with Crippen LogP contribution in [0.1, 0.15) is 58.8 Å². The third kappa shape index (κ3) is 7.43. The van der Waals surface area contributed by atoms with Gasteiger partial charge < -0.3 is 9.15 Å². The fourth-order valence-electron chi connectivity index (χ4n) is 3.00. The molecule has 1 aromatic heterocycles. The Kier molecular flexibility index (Phi) is 9.85. The molecule has 4 nitrogen and oxygen atoms in total. The van der Waals surface area contributed by atoms with Crippen molar-refractivity contribution in [3.8, 4) is 0 Å². The van der Waals surface area contributed by atoms with Crippen LogP contribution < -0.4 is 5.63 Å². The summed E-state index contributed by atoms with van der Waals surface area (Å²) in [7, 11) is 0. The van der Waals surface area contributed by atoms with Crippen LogP contribution in [0.2, 0.25) is 0 Å². The van der Waals surface area contributed by atoms with Crippen LogP contribution in [0.3, 0.4) is 0 Å². The van der Waals surface area contributed by atoms with Gasteiger partial charge in [0.25, 0.3) is 0 Å². The number of hydrogen-bond donors (Lipinski definition) is 0. The van der Waals surface area contributed by atoms with Crippen LogP contribution in [-0.2, 0) is 9.53 Å². The third-order valence-electron chi connectivity index (χ3n) is 4.54. The number of carbonyl (C=O) groups is 1. The summed E-state index contributed by atoms with van der Waals surface area (Å²) in [5.74, 6) is 0.887. The summed E-state index contributed by atoms with van der Waals surface area (Å²) in [6.45, 7) is 4.54. The topological polar surface area (TPSA) is 56.5 Å². The molecule has 2 rings (SSSR count). The lowest BCUT2D eigenvalue weighted by atomic mass is 10.1. The van der Waals surface area contributed by atoms with Gasteiger partial charge in [-0.3, -0.25) is 4.79 Å². The lowest BCUT2D eigenvalue weighted by Gasteiger charge is -2.19. The quantitative estimate of drug-likeness (QED) is 0.0819. The highest BCUT2D eigenvalue weighted by Gasteiger charge is 2.30. The molecule has 0 N–H and O–H groups in total. The van der Waals surface area contributed by atoms with Crippen molar-refractivity contribution in [1.82, 2.24) is 0 Å². The van der Waals surface area contributed by atoms with Crippen LogP contribution >= 0.6 is 34.4 Å². The summed E-state index contributed by atoms with van der Waals surface area (Å²) in [5.41, 5.74) is 0.353. The maximum atomic E-state index is 12.0. The summed E-state index contributed by atoms with van der Waals surface area (Å²) >= 11 is 3.91. The lowest BCUT2D eigenvalue weighted by molar-refractivity contribution is -0.145. The SMILES string of the molecule is CCCC(C)(I)C(=O)OCCCCCCCSc1cc(=O)oc2ccccc12. The minimum Gasteiger partial charge on any atom is -0.465 e. The molecular formula is C22H29IO4S. The Labute approximate surface area is 184 Å². The molecule has 0 aliphatic carbocycles. The van der Waals surface area contributed by atoms with Crippen molar-refractivity contribution in [2.45, 2.75) is 67.1 Å². The molecule has 0 aliphatic rings. The van der Waals surface area contributed by atoms with Crippen LogP contribution in [0.15, 0.2) is 44.4 Å². The van der Waals surface area contributed by atoms with Gasteiger partial charge in [-0.05, 0) is 38.0 Å². The number of thioether (sulfide) groups is 1. The number of benzene rings is 1. The zero-order chi connectivity index (χ0) is 20.4. The molecule has 0 spiro atoms. The zero-order valence-corrected chi connectivity index (χ0v) is 19.6. The molecule has 0 fully saturated rings. The molecule has 0 aliphatic heterocycles. The molecule has 1 heterocycles. The number of hydrogen-bond acceptors (Lipinski definition) is 5. The van der Waals surface area contributed by atoms with E-state index in [-0.39, 0.29) is 11.6 Å². The minimum atomic E-state index is -0.400. The van der Waals surface area contributed by atoms with E-state index in [2.05, 4.69) is 29.5 Å². The van der Waals surface area contributed by atoms with E-state index in [0.717, 1.165) is 61.0 Å². The van der Waals surface area contributed by atoms with Gasteiger partial charge in [-0.2, -0.15) is 0 Å². The van der Waals surface area contributed by atoms with E-state index in [1.807, 2.05) is 31.2 Å². The fourth-order valence-corrected chi connectivity index (χ4v) is 4.77. The highest BCUT2D eigenvalue weighted by Crippen LogP contribution is 2.27. The monoisotopic (exact) mass is 516 g/mol. The zero-order valence-electron chi connectivity index (χ0n) is 16.7. The fraction of sp³-hybridized carbons (Fsp3) is 0.545. The minimum absolute atomic E-state index is 0.0917. The van der Waals surface area contributed by atoms with Crippen molar-refractivity contribution in [3.05, 3.63) is 40.8 Å². The second-order valence-electron chi connectivity index (χ2n) is 7.13. The van der Waals surface area contributed by atoms with Crippen molar-refractivity contribution in [1.29, 1.82) is 0 Å². The molecule has 0 saturated carbocycles. The van der Waals surface area contributed by atoms with Crippen LogP contribution in [0, 0.1) is 0 Å². The smallest absolute Gasteiger partial charge is 0.337 e. The predicted octanol–water partition coefficient (Wildman–Crippen LogP) is 6.37. The standard InChI is InChI=1S/C22H29IO4S/c1-3-13-22(2,23)21(25)26-14-9-5-4-6-10-15-28-19-16-20(24)27-18-12-8-7-11-17(18)19/h7-8,11-12,16H,3-6,9-10,13-15H2,1-2H3. The molecule has 2 aromatic rings. The first-order valence-corrected chi connectivity index (χ1v) is 12.0. The second kappa shape index (κ2) is 11.9. The Morgan fingerprint density at radius 2 is 1.89 bits per heavy atom. The number of rotatable bonds is 12. The summed E-state index contributed by atoms with van der Waals surface area (Å²) in [6.07, 6.45) is 7.19. The Morgan fingerprint density at radius 1 is 1.18 bits per heavy atom. The molecule has 0 radical (unpaired) electrons. The first-order chi connectivity index (χ1) is 13.4. The van der Waals surface area contributed by atoms with Crippen molar-refractivity contribution in [3.63, 3.8) is 0 Å². The van der Waals surface area contributed by atoms with Gasteiger partial charge in [-0.1, -0.05) is 73.4 Å². The maximum absolute atomic E-state index is 12.0. The Bertz CT molecular complexity index is 816. The van der Waals surface area contributed by atoms with Crippen LogP contribution in [0.25, 0.3) is 11.0 Å². The molecule has 28 heavy (non-hydrogen) atoms. The first-order valence-electron chi connectivity index (χ1n) is 9.96. The molecule has 154 valence electrons. The summed E-state index contributed by atoms with van der Waals surface area (Å²) in [5, 5.41) is 0.999. The molecule has 1 atom stereocenters. The summed E-state index contributed by atoms with van der Waals surface area (Å²) < 4.78 is 10.2. The van der Waals surface area contributed by atoms with Crippen LogP contribution in [0.4, 0.5) is 0 Å². The normalized spacial score (nSPS) is 13.4. The van der Waals surface area contributed by atoms with E-state index >= 15 is 0 Å². The van der Waals surface area contributed by atoms with E-state index in [1.54, 1.807) is 17.8 Å². The average molecular weight is 516 g/mol. The van der Waals surface area contributed by atoms with E-state index in [1.165, 1.54) is 0 Å². The number of halogens is 1. The van der Waals surface area contributed by atoms with E-state index in [9.17, 15) is 9.59 Å². The van der Waals surface area contributed by atoms with Crippen molar-refractivity contribution >= 4 is 51.3 Å². The van der Waals surface area contributed by atoms with Gasteiger partial charge in [0.2, 0.25) is 0 Å². The lowest BCUT2D eigenvalue weighted by Crippen LogP contribution is -2.30. The maximum Gasteiger partial charge on any atom is 0.337 e. The molecule has 1 unspecified atom stereocenters. The molecular weight excluding hydrogens is 487 g/mol. The van der Waals surface area contributed by atoms with Gasteiger partial charge in [-0.25, -0.2) is 4.79 Å². The Balaban J connectivity index is 1.60. The van der Waals surface area contributed by atoms with Crippen LogP contribution in [-0.4, -0.2) is 21.8 Å². The van der Waals surface area contributed by atoms with Gasteiger partial charge in [0.05, 0.1) is 6.61 Å². The average Bonchev–Trinajstić information content (AvgIpc) is 2.66. The molecule has 6 heteroatoms. The summed E-state index contributed by atoms with van der Waals surface area (Å²) in [6, 6.07) is 9.24. The number of esters is 1. The van der Waals surface area contributed by atoms with Gasteiger partial charge >= 0.3 is 11.6 Å². The molecule has 0 amide bonds. The largest absolute Gasteiger partial charge is 0.465 e. The van der Waals surface area contributed by atoms with Gasteiger partial charge in [0.15, 0.2) is 0 Å². The highest BCUT2D eigenvalue weighted by molar-refractivity contribution is 14.1. The van der Waals surface area contributed by atoms with Gasteiger partial charge in [0, 0.05) is 16.3 Å². The number of fused-ring (bicyclic) bond motifs is 1. The summed E-state index contributed by atoms with van der Waals surface area (Å²) in [4.78, 5) is 24.7. The number of alkyl halides is 1. The van der Waals surface area contributed by atoms with E-state index < -0.39 is 3.42 Å².